The third kappa shape index (κ3) is 23.9. The Hall–Kier alpha value is -3.02. The molecule has 3 heterocycles. The summed E-state index contributed by atoms with van der Waals surface area (Å²) in [5, 5.41) is 0. The molecule has 1 aromatic heterocycles. The van der Waals surface area contributed by atoms with Crippen LogP contribution in [0, 0.1) is 29.6 Å². The maximum absolute atomic E-state index is 3.73. The van der Waals surface area contributed by atoms with Gasteiger partial charge in [-0.15, -0.1) is 0 Å². The molecule has 1 unspecified atom stereocenters. The SMILES string of the molecule is C.C.C.C.C.CC(C)C1CCC(C[N+]2(C)CCCCC2)CC1.CC(C)CC[NH3+].CC1C=C[N+](Cc2ccc(C(C)C)cc2)=C1.CCn1cc[n+](Cc2ccc(C(C)C)cc2)c1. The minimum atomic E-state index is 0. The van der Waals surface area contributed by atoms with Crippen molar-refractivity contribution in [2.75, 3.05) is 33.2 Å². The first kappa shape index (κ1) is 62.3. The molecule has 1 aliphatic carbocycles. The lowest BCUT2D eigenvalue weighted by molar-refractivity contribution is -0.917. The molecule has 352 valence electrons. The molecule has 6 rings (SSSR count). The summed E-state index contributed by atoms with van der Waals surface area (Å²) in [6.07, 6.45) is 24.8. The highest BCUT2D eigenvalue weighted by atomic mass is 15.3. The van der Waals surface area contributed by atoms with Crippen molar-refractivity contribution in [1.29, 1.82) is 0 Å². The van der Waals surface area contributed by atoms with E-state index < -0.39 is 0 Å². The third-order valence-electron chi connectivity index (χ3n) is 12.4. The van der Waals surface area contributed by atoms with E-state index in [4.69, 9.17) is 0 Å². The van der Waals surface area contributed by atoms with Gasteiger partial charge < -0.3 is 10.2 Å². The number of aromatic nitrogens is 2. The molecule has 3 N–H and O–H groups in total. The maximum Gasteiger partial charge on any atom is 0.244 e. The highest BCUT2D eigenvalue weighted by Crippen LogP contribution is 2.35. The van der Waals surface area contributed by atoms with Gasteiger partial charge in [0.25, 0.3) is 0 Å². The van der Waals surface area contributed by atoms with Gasteiger partial charge >= 0.3 is 0 Å². The maximum atomic E-state index is 3.73. The number of hydrogen-bond donors (Lipinski definition) is 1. The number of likely N-dealkylation sites (tertiary alicyclic amines) is 1. The van der Waals surface area contributed by atoms with E-state index in [1.165, 1.54) is 97.7 Å². The van der Waals surface area contributed by atoms with Crippen LogP contribution in [0.15, 0.2) is 79.5 Å². The van der Waals surface area contributed by atoms with Crippen LogP contribution in [0.4, 0.5) is 0 Å². The normalized spacial score (nSPS) is 18.6. The van der Waals surface area contributed by atoms with Gasteiger partial charge in [0.05, 0.1) is 45.7 Å². The lowest BCUT2D eigenvalue weighted by atomic mass is 9.76. The molecule has 0 spiro atoms. The lowest BCUT2D eigenvalue weighted by Gasteiger charge is -2.42. The second-order valence-electron chi connectivity index (χ2n) is 19.1. The molecule has 0 bridgehead atoms. The first-order valence-corrected chi connectivity index (χ1v) is 22.8. The number of benzene rings is 2. The van der Waals surface area contributed by atoms with Crippen molar-refractivity contribution < 1.29 is 19.4 Å². The predicted octanol–water partition coefficient (Wildman–Crippen LogP) is 14.1. The molecule has 5 nitrogen and oxygen atoms in total. The first-order chi connectivity index (χ1) is 26.7. The Labute approximate surface area is 382 Å². The smallest absolute Gasteiger partial charge is 0.244 e. The number of nitrogens with zero attached hydrogens (tertiary/aromatic N) is 4. The van der Waals surface area contributed by atoms with Crippen LogP contribution in [-0.4, -0.2) is 53.1 Å². The van der Waals surface area contributed by atoms with Gasteiger partial charge in [-0.2, -0.15) is 0 Å². The van der Waals surface area contributed by atoms with Crippen molar-refractivity contribution in [3.8, 4) is 0 Å². The van der Waals surface area contributed by atoms with Crippen LogP contribution in [0.1, 0.15) is 192 Å². The Bertz CT molecular complexity index is 1530. The van der Waals surface area contributed by atoms with E-state index in [0.717, 1.165) is 49.9 Å². The van der Waals surface area contributed by atoms with E-state index in [2.05, 4.69) is 181 Å². The summed E-state index contributed by atoms with van der Waals surface area (Å²) < 4.78 is 8.04. The van der Waals surface area contributed by atoms with Crippen LogP contribution in [0.5, 0.6) is 0 Å². The van der Waals surface area contributed by atoms with Crippen molar-refractivity contribution in [2.24, 2.45) is 29.6 Å². The first-order valence-electron chi connectivity index (χ1n) is 22.8. The molecule has 1 atom stereocenters. The van der Waals surface area contributed by atoms with Crippen LogP contribution < -0.4 is 10.3 Å². The molecule has 2 aromatic carbocycles. The van der Waals surface area contributed by atoms with Crippen LogP contribution in [-0.2, 0) is 19.6 Å². The average molecular weight is 851 g/mol. The summed E-state index contributed by atoms with van der Waals surface area (Å²) in [5.41, 5.74) is 9.28. The van der Waals surface area contributed by atoms with Gasteiger partial charge in [0.2, 0.25) is 6.33 Å². The van der Waals surface area contributed by atoms with Gasteiger partial charge in [-0.1, -0.05) is 141 Å². The molecule has 2 fully saturated rings. The lowest BCUT2D eigenvalue weighted by Crippen LogP contribution is -2.51. The summed E-state index contributed by atoms with van der Waals surface area (Å²) in [4.78, 5) is 0. The number of rotatable bonds is 12. The Morgan fingerprint density at radius 1 is 0.721 bits per heavy atom. The third-order valence-corrected chi connectivity index (χ3v) is 12.4. The van der Waals surface area contributed by atoms with E-state index in [1.54, 1.807) is 0 Å². The van der Waals surface area contributed by atoms with E-state index in [1.807, 2.05) is 0 Å². The monoisotopic (exact) mass is 850 g/mol. The fourth-order valence-corrected chi connectivity index (χ4v) is 8.44. The minimum Gasteiger partial charge on any atom is -0.358 e. The minimum absolute atomic E-state index is 0. The fourth-order valence-electron chi connectivity index (χ4n) is 8.44. The zero-order valence-electron chi connectivity index (χ0n) is 38.2. The molecule has 3 aliphatic rings. The molecule has 5 heteroatoms. The second-order valence-corrected chi connectivity index (χ2v) is 19.1. The van der Waals surface area contributed by atoms with Crippen molar-refractivity contribution in [1.82, 2.24) is 4.57 Å². The molecule has 0 radical (unpaired) electrons. The second kappa shape index (κ2) is 32.6. The van der Waals surface area contributed by atoms with E-state index in [-0.39, 0.29) is 37.1 Å². The quantitative estimate of drug-likeness (QED) is 0.139. The summed E-state index contributed by atoms with van der Waals surface area (Å²) >= 11 is 0. The fraction of sp³-hybridized carbons (Fsp3) is 0.679. The van der Waals surface area contributed by atoms with Crippen molar-refractivity contribution in [3.05, 3.63) is 102 Å². The molecule has 61 heavy (non-hydrogen) atoms. The van der Waals surface area contributed by atoms with Gasteiger partial charge in [0.1, 0.15) is 18.9 Å². The van der Waals surface area contributed by atoms with Crippen LogP contribution in [0.3, 0.4) is 0 Å². The molecule has 1 saturated heterocycles. The molecule has 3 aromatic rings. The summed E-state index contributed by atoms with van der Waals surface area (Å²) in [6.45, 7) is 30.9. The van der Waals surface area contributed by atoms with Gasteiger partial charge in [0, 0.05) is 11.5 Å². The highest BCUT2D eigenvalue weighted by Gasteiger charge is 2.31. The van der Waals surface area contributed by atoms with E-state index in [0.29, 0.717) is 17.8 Å². The van der Waals surface area contributed by atoms with Gasteiger partial charge in [-0.05, 0) is 118 Å². The Balaban J connectivity index is -0.000000746. The molecular formula is C56H107N5+4. The van der Waals surface area contributed by atoms with Crippen molar-refractivity contribution in [2.45, 2.75) is 189 Å². The predicted molar refractivity (Wildman–Crippen MR) is 275 cm³/mol. The summed E-state index contributed by atoms with van der Waals surface area (Å²) in [5.74, 6) is 5.62. The van der Waals surface area contributed by atoms with Crippen molar-refractivity contribution >= 4 is 6.21 Å². The number of hydrogen-bond acceptors (Lipinski definition) is 0. The van der Waals surface area contributed by atoms with Crippen LogP contribution in [0.25, 0.3) is 0 Å². The van der Waals surface area contributed by atoms with Crippen LogP contribution >= 0.6 is 0 Å². The summed E-state index contributed by atoms with van der Waals surface area (Å²) in [7, 11) is 2.51. The number of quaternary nitrogens is 2. The largest absolute Gasteiger partial charge is 0.358 e. The van der Waals surface area contributed by atoms with Crippen molar-refractivity contribution in [3.63, 3.8) is 0 Å². The van der Waals surface area contributed by atoms with Crippen LogP contribution in [0.2, 0.25) is 0 Å². The standard InChI is InChI=1S/C16H32N.C15H21N2.C15H20N.C5H13N.5CH4/c1-14(2)16-9-7-15(8-10-16)13-17(3)11-5-4-6-12-17;1-4-16-9-10-17(12-16)11-14-5-7-15(8-6-14)13(2)3;1-12(2)15-6-4-14(5-7-15)11-16-9-8-13(3)10-16;1-5(2)3-4-6;;;;;/h14-16H,4-13H2,1-3H3;5-10,12-13H,4,11H2,1-3H3;4-10,12-13H,11H2,1-3H3;5H,3-4,6H2,1-2H3;5*1H4/q3*+1;;;;;;/p+1. The zero-order valence-corrected chi connectivity index (χ0v) is 38.2. The zero-order chi connectivity index (χ0) is 41.1. The van der Waals surface area contributed by atoms with E-state index in [9.17, 15) is 0 Å². The topological polar surface area (TPSA) is 39.5 Å². The number of piperidine rings is 1. The Morgan fingerprint density at radius 3 is 1.61 bits per heavy atom. The Kier molecular flexibility index (Phi) is 33.3. The van der Waals surface area contributed by atoms with Gasteiger partial charge in [0.15, 0.2) is 19.0 Å². The van der Waals surface area contributed by atoms with Gasteiger partial charge in [-0.3, -0.25) is 0 Å². The van der Waals surface area contributed by atoms with E-state index >= 15 is 0 Å². The molecule has 1 saturated carbocycles. The molecule has 2 aliphatic heterocycles. The number of allylic oxidation sites excluding steroid dienone is 1. The number of imidazole rings is 1. The molecule has 0 amide bonds. The highest BCUT2D eigenvalue weighted by molar-refractivity contribution is 5.59. The summed E-state index contributed by atoms with van der Waals surface area (Å²) in [6, 6.07) is 17.9. The number of aryl methyl sites for hydroxylation is 1. The Morgan fingerprint density at radius 2 is 1.23 bits per heavy atom. The van der Waals surface area contributed by atoms with Gasteiger partial charge in [-0.25, -0.2) is 13.7 Å². The molecular weight excluding hydrogens is 743 g/mol. The average Bonchev–Trinajstić information content (AvgIpc) is 3.81.